The van der Waals surface area contributed by atoms with Crippen LogP contribution in [0.3, 0.4) is 0 Å². The first-order chi connectivity index (χ1) is 19.2. The molecule has 212 valence electrons. The minimum Gasteiger partial charge on any atom is -0.486 e. The third kappa shape index (κ3) is 6.36. The third-order valence-electron chi connectivity index (χ3n) is 7.34. The van der Waals surface area contributed by atoms with Gasteiger partial charge in [-0.15, -0.1) is 0 Å². The van der Waals surface area contributed by atoms with Gasteiger partial charge in [-0.3, -0.25) is 9.21 Å². The lowest BCUT2D eigenvalue weighted by Crippen LogP contribution is -2.44. The number of morpholine rings is 1. The van der Waals surface area contributed by atoms with Gasteiger partial charge >= 0.3 is 0 Å². The second-order valence-corrected chi connectivity index (χ2v) is 12.6. The van der Waals surface area contributed by atoms with E-state index in [0.717, 1.165) is 56.8 Å². The topological polar surface area (TPSA) is 59.1 Å². The molecule has 0 radical (unpaired) electrons. The predicted octanol–water partition coefficient (Wildman–Crippen LogP) is 6.42. The number of hydrogen-bond donors (Lipinski definition) is 0. The van der Waals surface area contributed by atoms with Crippen LogP contribution in [0, 0.1) is 12.7 Å². The Balaban J connectivity index is 1.46. The molecule has 6 nitrogen and oxygen atoms in total. The van der Waals surface area contributed by atoms with Crippen molar-refractivity contribution in [1.82, 2.24) is 4.90 Å². The van der Waals surface area contributed by atoms with Gasteiger partial charge in [0, 0.05) is 18.7 Å². The lowest BCUT2D eigenvalue weighted by atomic mass is 10.0. The lowest BCUT2D eigenvalue weighted by molar-refractivity contribution is 0.0357. The summed E-state index contributed by atoms with van der Waals surface area (Å²) in [5.41, 5.74) is 3.00. The first-order valence-electron chi connectivity index (χ1n) is 13.6. The van der Waals surface area contributed by atoms with Gasteiger partial charge in [-0.2, -0.15) is 0 Å². The number of fused-ring (bicyclic) bond motifs is 1. The van der Waals surface area contributed by atoms with Crippen molar-refractivity contribution in [2.75, 3.05) is 43.7 Å². The van der Waals surface area contributed by atoms with Crippen LogP contribution in [0.4, 0.5) is 10.1 Å². The van der Waals surface area contributed by atoms with E-state index in [0.29, 0.717) is 27.6 Å². The molecule has 0 aromatic heterocycles. The fourth-order valence-electron chi connectivity index (χ4n) is 5.26. The van der Waals surface area contributed by atoms with Crippen LogP contribution in [0.2, 0.25) is 5.02 Å². The minimum atomic E-state index is -3.86. The number of sulfonamides is 1. The van der Waals surface area contributed by atoms with E-state index in [1.165, 1.54) is 10.4 Å². The number of benzene rings is 3. The fourth-order valence-corrected chi connectivity index (χ4v) is 7.18. The Kier molecular flexibility index (Phi) is 8.80. The van der Waals surface area contributed by atoms with E-state index in [9.17, 15) is 12.8 Å². The van der Waals surface area contributed by atoms with E-state index in [-0.39, 0.29) is 17.5 Å². The van der Waals surface area contributed by atoms with Gasteiger partial charge in [0.2, 0.25) is 0 Å². The molecule has 1 saturated heterocycles. The highest BCUT2D eigenvalue weighted by molar-refractivity contribution is 7.92. The molecule has 3 aromatic carbocycles. The number of aryl methyl sites for hydroxylation is 1. The van der Waals surface area contributed by atoms with Crippen LogP contribution in [-0.2, 0) is 14.8 Å². The summed E-state index contributed by atoms with van der Waals surface area (Å²) >= 11 is 6.28. The van der Waals surface area contributed by atoms with Gasteiger partial charge in [-0.05, 0) is 86.3 Å². The molecule has 2 aliphatic heterocycles. The number of hydrogen-bond acceptors (Lipinski definition) is 5. The quantitative estimate of drug-likeness (QED) is 0.286. The number of anilines is 1. The molecule has 0 amide bonds. The first kappa shape index (κ1) is 28.6. The summed E-state index contributed by atoms with van der Waals surface area (Å²) in [6, 6.07) is 17.0. The summed E-state index contributed by atoms with van der Waals surface area (Å²) in [5, 5.41) is 0.318. The highest BCUT2D eigenvalue weighted by Crippen LogP contribution is 2.39. The molecule has 2 aliphatic rings. The van der Waals surface area contributed by atoms with E-state index in [4.69, 9.17) is 21.1 Å². The molecule has 40 heavy (non-hydrogen) atoms. The molecule has 0 saturated carbocycles. The molecule has 3 aromatic rings. The van der Waals surface area contributed by atoms with Crippen molar-refractivity contribution < 1.29 is 22.3 Å². The maximum Gasteiger partial charge on any atom is 0.264 e. The van der Waals surface area contributed by atoms with Gasteiger partial charge in [0.1, 0.15) is 17.7 Å². The average Bonchev–Trinajstić information content (AvgIpc) is 2.93. The van der Waals surface area contributed by atoms with Gasteiger partial charge in [0.05, 0.1) is 35.4 Å². The Morgan fingerprint density at radius 3 is 2.62 bits per heavy atom. The van der Waals surface area contributed by atoms with E-state index in [1.54, 1.807) is 55.5 Å². The summed E-state index contributed by atoms with van der Waals surface area (Å²) in [7, 11) is -3.86. The average molecular weight is 585 g/mol. The zero-order chi connectivity index (χ0) is 28.3. The van der Waals surface area contributed by atoms with Crippen LogP contribution in [0.5, 0.6) is 5.75 Å². The highest BCUT2D eigenvalue weighted by atomic mass is 35.5. The van der Waals surface area contributed by atoms with E-state index in [1.807, 2.05) is 19.1 Å². The normalized spacial score (nSPS) is 18.4. The predicted molar refractivity (Wildman–Crippen MR) is 158 cm³/mol. The summed E-state index contributed by atoms with van der Waals surface area (Å²) in [6.07, 6.45) is 3.13. The van der Waals surface area contributed by atoms with Crippen LogP contribution in [0.15, 0.2) is 65.6 Å². The number of halogens is 2. The van der Waals surface area contributed by atoms with E-state index < -0.39 is 15.8 Å². The highest BCUT2D eigenvalue weighted by Gasteiger charge is 2.34. The van der Waals surface area contributed by atoms with Gasteiger partial charge in [0.25, 0.3) is 10.0 Å². The van der Waals surface area contributed by atoms with E-state index in [2.05, 4.69) is 4.90 Å². The maximum absolute atomic E-state index is 14.5. The molecule has 0 unspecified atom stereocenters. The molecule has 0 bridgehead atoms. The summed E-state index contributed by atoms with van der Waals surface area (Å²) in [6.45, 7) is 8.10. The number of nitrogens with zero attached hydrogens (tertiary/aromatic N) is 2. The second kappa shape index (κ2) is 12.3. The van der Waals surface area contributed by atoms with E-state index >= 15 is 0 Å². The van der Waals surface area contributed by atoms with Crippen molar-refractivity contribution >= 4 is 39.0 Å². The first-order valence-corrected chi connectivity index (χ1v) is 15.4. The van der Waals surface area contributed by atoms with Crippen LogP contribution < -0.4 is 9.04 Å². The van der Waals surface area contributed by atoms with Crippen molar-refractivity contribution in [2.24, 2.45) is 0 Å². The summed E-state index contributed by atoms with van der Waals surface area (Å²) in [5.74, 6) is 0.101. The molecular formula is C31H34ClFN2O4S. The molecule has 5 rings (SSSR count). The Morgan fingerprint density at radius 1 is 1.10 bits per heavy atom. The lowest BCUT2D eigenvalue weighted by Gasteiger charge is -2.36. The van der Waals surface area contributed by atoms with Gasteiger partial charge < -0.3 is 9.47 Å². The van der Waals surface area contributed by atoms with Crippen molar-refractivity contribution in [3.8, 4) is 5.75 Å². The van der Waals surface area contributed by atoms with Crippen molar-refractivity contribution in [3.05, 3.63) is 88.2 Å². The Labute approximate surface area is 241 Å². The standard InChI is InChI=1S/C31H34ClFN2O4S/c1-22-6-3-8-26(18-22)40(36,37)35-21-25(7-5-13-34-14-16-38-17-15-34)39-30-12-11-24(20-29(30)35)19-23(2)31-27(32)9-4-10-28(31)33/h3-4,6,8-12,18-20,25H,5,7,13-17,21H2,1-2H3/b23-19+/t25-/m0/s1. The van der Waals surface area contributed by atoms with Crippen LogP contribution >= 0.6 is 11.6 Å². The van der Waals surface area contributed by atoms with Crippen molar-refractivity contribution in [2.45, 2.75) is 37.7 Å². The van der Waals surface area contributed by atoms with Crippen LogP contribution in [-0.4, -0.2) is 58.8 Å². The van der Waals surface area contributed by atoms with Gasteiger partial charge in [-0.1, -0.05) is 41.9 Å². The van der Waals surface area contributed by atoms with Gasteiger partial charge in [-0.25, -0.2) is 12.8 Å². The fraction of sp³-hybridized carbons (Fsp3) is 0.355. The zero-order valence-electron chi connectivity index (χ0n) is 22.8. The SMILES string of the molecule is C/C(=C\c1ccc2c(c1)N(S(=O)(=O)c1cccc(C)c1)C[C@H](CCCN1CCOCC1)O2)c1c(F)cccc1Cl. The summed E-state index contributed by atoms with van der Waals surface area (Å²) < 4.78 is 55.7. The van der Waals surface area contributed by atoms with Crippen LogP contribution in [0.25, 0.3) is 11.6 Å². The Morgan fingerprint density at radius 2 is 1.88 bits per heavy atom. The zero-order valence-corrected chi connectivity index (χ0v) is 24.3. The monoisotopic (exact) mass is 584 g/mol. The molecule has 1 fully saturated rings. The second-order valence-electron chi connectivity index (χ2n) is 10.3. The molecule has 2 heterocycles. The Hall–Kier alpha value is -2.91. The molecule has 0 N–H and O–H groups in total. The maximum atomic E-state index is 14.5. The molecule has 0 spiro atoms. The molecule has 1 atom stereocenters. The van der Waals surface area contributed by atoms with Crippen molar-refractivity contribution in [1.29, 1.82) is 0 Å². The third-order valence-corrected chi connectivity index (χ3v) is 9.43. The molecule has 0 aliphatic carbocycles. The minimum absolute atomic E-state index is 0.206. The van der Waals surface area contributed by atoms with Crippen LogP contribution in [0.1, 0.15) is 36.5 Å². The van der Waals surface area contributed by atoms with Crippen molar-refractivity contribution in [3.63, 3.8) is 0 Å². The Bertz CT molecular complexity index is 1480. The smallest absolute Gasteiger partial charge is 0.264 e. The summed E-state index contributed by atoms with van der Waals surface area (Å²) in [4.78, 5) is 2.60. The van der Waals surface area contributed by atoms with Gasteiger partial charge in [0.15, 0.2) is 0 Å². The number of rotatable bonds is 8. The number of ether oxygens (including phenoxy) is 2. The number of allylic oxidation sites excluding steroid dienone is 1. The largest absolute Gasteiger partial charge is 0.486 e. The molecule has 9 heteroatoms. The molecular weight excluding hydrogens is 551 g/mol.